The van der Waals surface area contributed by atoms with Gasteiger partial charge in [-0.3, -0.25) is 19.7 Å². The number of ether oxygens (including phenoxy) is 1. The van der Waals surface area contributed by atoms with Gasteiger partial charge in [-0.2, -0.15) is 0 Å². The van der Waals surface area contributed by atoms with E-state index in [1.807, 2.05) is 6.07 Å². The molecule has 8 nitrogen and oxygen atoms in total. The fourth-order valence-corrected chi connectivity index (χ4v) is 3.52. The largest absolute Gasteiger partial charge is 0.497 e. The second-order valence-electron chi connectivity index (χ2n) is 6.36. The van der Waals surface area contributed by atoms with Crippen LogP contribution in [0.2, 0.25) is 0 Å². The number of aryl methyl sites for hydroxylation is 1. The van der Waals surface area contributed by atoms with Crippen LogP contribution in [0.1, 0.15) is 34.0 Å². The molecule has 3 aromatic rings. The van der Waals surface area contributed by atoms with Gasteiger partial charge in [-0.1, -0.05) is 6.07 Å². The molecule has 0 spiro atoms. The molecule has 1 N–H and O–H groups in total. The number of nitro groups is 1. The molecular weight excluding hydrogens is 350 g/mol. The molecule has 0 amide bonds. The fraction of sp³-hybridized carbons (Fsp3) is 0.211. The number of nitro benzene ring substituents is 1. The summed E-state index contributed by atoms with van der Waals surface area (Å²) < 4.78 is 5.19. The van der Waals surface area contributed by atoms with Crippen molar-refractivity contribution in [2.24, 2.45) is 0 Å². The molecule has 1 heterocycles. The lowest BCUT2D eigenvalue weighted by molar-refractivity contribution is -0.383. The van der Waals surface area contributed by atoms with Gasteiger partial charge in [0, 0.05) is 11.6 Å². The molecule has 27 heavy (non-hydrogen) atoms. The number of rotatable bonds is 3. The van der Waals surface area contributed by atoms with Crippen LogP contribution in [0.4, 0.5) is 5.69 Å². The number of methoxy groups -OCH3 is 1. The Balaban J connectivity index is 1.81. The minimum atomic E-state index is -0.682. The number of benzene rings is 2. The molecule has 1 aliphatic rings. The Kier molecular flexibility index (Phi) is 3.95. The van der Waals surface area contributed by atoms with E-state index in [9.17, 15) is 19.7 Å². The number of nitrogens with one attached hydrogen (secondary N) is 1. The quantitative estimate of drug-likeness (QED) is 0.564. The van der Waals surface area contributed by atoms with Crippen LogP contribution < -0.4 is 10.3 Å². The van der Waals surface area contributed by atoms with Crippen LogP contribution in [0.15, 0.2) is 41.2 Å². The smallest absolute Gasteiger partial charge is 0.295 e. The monoisotopic (exact) mass is 365 g/mol. The first-order valence-corrected chi connectivity index (χ1v) is 8.38. The number of aromatic nitrogens is 2. The first-order valence-electron chi connectivity index (χ1n) is 8.38. The summed E-state index contributed by atoms with van der Waals surface area (Å²) in [5.41, 5.74) is 1.06. The SMILES string of the molecule is COc1ccc2c(c1)CC[C@H](c1nc3cccc([N+](=O)[O-])c3[nH]c1=O)C2=O. The summed E-state index contributed by atoms with van der Waals surface area (Å²) in [7, 11) is 1.56. The first kappa shape index (κ1) is 16.9. The van der Waals surface area contributed by atoms with E-state index in [1.54, 1.807) is 25.3 Å². The molecular formula is C19H15N3O5. The molecule has 8 heteroatoms. The van der Waals surface area contributed by atoms with Crippen molar-refractivity contribution < 1.29 is 14.5 Å². The Hall–Kier alpha value is -3.55. The highest BCUT2D eigenvalue weighted by Crippen LogP contribution is 2.33. The maximum absolute atomic E-state index is 12.9. The maximum atomic E-state index is 12.9. The normalized spacial score (nSPS) is 16.2. The number of Topliss-reactive ketones (excluding diaryl/α,β-unsaturated/α-hetero) is 1. The number of para-hydroxylation sites is 1. The molecule has 1 aliphatic carbocycles. The van der Waals surface area contributed by atoms with Gasteiger partial charge in [-0.25, -0.2) is 4.98 Å². The minimum absolute atomic E-state index is 0.0599. The van der Waals surface area contributed by atoms with Crippen LogP contribution in [0.25, 0.3) is 11.0 Å². The number of nitrogens with zero attached hydrogens (tertiary/aromatic N) is 2. The molecule has 0 saturated carbocycles. The summed E-state index contributed by atoms with van der Waals surface area (Å²) in [4.78, 5) is 42.9. The zero-order valence-electron chi connectivity index (χ0n) is 14.4. The van der Waals surface area contributed by atoms with Crippen molar-refractivity contribution >= 4 is 22.5 Å². The predicted octanol–water partition coefficient (Wildman–Crippen LogP) is 2.75. The number of H-pyrrole nitrogens is 1. The molecule has 0 bridgehead atoms. The average molecular weight is 365 g/mol. The molecule has 1 atom stereocenters. The highest BCUT2D eigenvalue weighted by atomic mass is 16.6. The first-order chi connectivity index (χ1) is 13.0. The fourth-order valence-electron chi connectivity index (χ4n) is 3.52. The van der Waals surface area contributed by atoms with Crippen molar-refractivity contribution in [1.29, 1.82) is 0 Å². The van der Waals surface area contributed by atoms with E-state index in [0.717, 1.165) is 5.56 Å². The van der Waals surface area contributed by atoms with E-state index < -0.39 is 16.4 Å². The lowest BCUT2D eigenvalue weighted by Gasteiger charge is -2.23. The van der Waals surface area contributed by atoms with Crippen LogP contribution in [0, 0.1) is 10.1 Å². The molecule has 0 fully saturated rings. The van der Waals surface area contributed by atoms with E-state index in [4.69, 9.17) is 4.74 Å². The number of fused-ring (bicyclic) bond motifs is 2. The number of aromatic amines is 1. The van der Waals surface area contributed by atoms with Crippen LogP contribution >= 0.6 is 0 Å². The summed E-state index contributed by atoms with van der Waals surface area (Å²) >= 11 is 0. The van der Waals surface area contributed by atoms with Gasteiger partial charge in [0.15, 0.2) is 5.78 Å². The van der Waals surface area contributed by atoms with Crippen molar-refractivity contribution in [3.8, 4) is 5.75 Å². The Morgan fingerprint density at radius 3 is 2.81 bits per heavy atom. The standard InChI is InChI=1S/C19H15N3O5/c1-27-11-6-8-12-10(9-11)5-7-13(18(12)23)16-19(24)21-17-14(20-16)3-2-4-15(17)22(25)26/h2-4,6,8-9,13H,5,7H2,1H3,(H,21,24)/t13-/m1/s1. The van der Waals surface area contributed by atoms with Crippen molar-refractivity contribution in [1.82, 2.24) is 9.97 Å². The van der Waals surface area contributed by atoms with E-state index in [-0.39, 0.29) is 28.2 Å². The van der Waals surface area contributed by atoms with Gasteiger partial charge in [0.1, 0.15) is 17.0 Å². The van der Waals surface area contributed by atoms with Crippen LogP contribution in [-0.4, -0.2) is 27.8 Å². The molecule has 1 aromatic heterocycles. The highest BCUT2D eigenvalue weighted by molar-refractivity contribution is 6.03. The third-order valence-electron chi connectivity index (χ3n) is 4.86. The van der Waals surface area contributed by atoms with Gasteiger partial charge in [-0.05, 0) is 42.7 Å². The van der Waals surface area contributed by atoms with Gasteiger partial charge >= 0.3 is 0 Å². The van der Waals surface area contributed by atoms with Gasteiger partial charge in [-0.15, -0.1) is 0 Å². The lowest BCUT2D eigenvalue weighted by atomic mass is 9.81. The highest BCUT2D eigenvalue weighted by Gasteiger charge is 2.32. The molecule has 136 valence electrons. The summed E-state index contributed by atoms with van der Waals surface area (Å²) in [5.74, 6) is -0.186. The lowest BCUT2D eigenvalue weighted by Crippen LogP contribution is -2.28. The van der Waals surface area contributed by atoms with Crippen molar-refractivity contribution in [3.63, 3.8) is 0 Å². The molecule has 2 aromatic carbocycles. The molecule has 0 unspecified atom stereocenters. The number of carbonyl (C=O) groups is 1. The summed E-state index contributed by atoms with van der Waals surface area (Å²) in [5, 5.41) is 11.1. The number of carbonyl (C=O) groups excluding carboxylic acids is 1. The Morgan fingerprint density at radius 2 is 2.07 bits per heavy atom. The third kappa shape index (κ3) is 2.75. The van der Waals surface area contributed by atoms with Crippen molar-refractivity contribution in [2.45, 2.75) is 18.8 Å². The van der Waals surface area contributed by atoms with E-state index in [0.29, 0.717) is 24.2 Å². The van der Waals surface area contributed by atoms with Crippen molar-refractivity contribution in [2.75, 3.05) is 7.11 Å². The second-order valence-corrected chi connectivity index (χ2v) is 6.36. The van der Waals surface area contributed by atoms with E-state index in [1.165, 1.54) is 12.1 Å². The Labute approximate surface area is 153 Å². The molecule has 0 saturated heterocycles. The number of hydrogen-bond donors (Lipinski definition) is 1. The van der Waals surface area contributed by atoms with Gasteiger partial charge in [0.05, 0.1) is 23.5 Å². The zero-order valence-corrected chi connectivity index (χ0v) is 14.4. The van der Waals surface area contributed by atoms with Gasteiger partial charge in [0.2, 0.25) is 0 Å². The van der Waals surface area contributed by atoms with Crippen molar-refractivity contribution in [3.05, 3.63) is 73.7 Å². The van der Waals surface area contributed by atoms with Crippen LogP contribution in [0.5, 0.6) is 5.75 Å². The maximum Gasteiger partial charge on any atom is 0.295 e. The van der Waals surface area contributed by atoms with Gasteiger partial charge < -0.3 is 9.72 Å². The Morgan fingerprint density at radius 1 is 1.26 bits per heavy atom. The topological polar surface area (TPSA) is 115 Å². The summed E-state index contributed by atoms with van der Waals surface area (Å²) in [6, 6.07) is 9.61. The van der Waals surface area contributed by atoms with Gasteiger partial charge in [0.25, 0.3) is 11.2 Å². The van der Waals surface area contributed by atoms with E-state index >= 15 is 0 Å². The predicted molar refractivity (Wildman–Crippen MR) is 97.4 cm³/mol. The van der Waals surface area contributed by atoms with Crippen LogP contribution in [-0.2, 0) is 6.42 Å². The van der Waals surface area contributed by atoms with Crippen LogP contribution in [0.3, 0.4) is 0 Å². The molecule has 4 rings (SSSR count). The number of hydrogen-bond acceptors (Lipinski definition) is 6. The molecule has 0 radical (unpaired) electrons. The number of non-ortho nitro benzene ring substituents is 1. The third-order valence-corrected chi connectivity index (χ3v) is 4.86. The molecule has 0 aliphatic heterocycles. The second kappa shape index (κ2) is 6.31. The minimum Gasteiger partial charge on any atom is -0.497 e. The number of ketones is 1. The summed E-state index contributed by atoms with van der Waals surface area (Å²) in [6.07, 6.45) is 1.05. The average Bonchev–Trinajstić information content (AvgIpc) is 2.67. The van der Waals surface area contributed by atoms with E-state index in [2.05, 4.69) is 9.97 Å². The Bertz CT molecular complexity index is 1150. The summed E-state index contributed by atoms with van der Waals surface area (Å²) in [6.45, 7) is 0. The zero-order chi connectivity index (χ0) is 19.1.